The molecule has 1 unspecified atom stereocenters. The highest BCUT2D eigenvalue weighted by atomic mass is 16.4. The Morgan fingerprint density at radius 2 is 1.80 bits per heavy atom. The largest absolute Gasteiger partial charge is 0.478 e. The second-order valence-corrected chi connectivity index (χ2v) is 6.95. The van der Waals surface area contributed by atoms with Crippen LogP contribution in [-0.4, -0.2) is 11.1 Å². The number of aromatic carboxylic acids is 1. The SMILES string of the molecule is CCCCCc1ccccc1C(C)CCCc1cccc(C(=O)O)c1. The van der Waals surface area contributed by atoms with Gasteiger partial charge in [-0.2, -0.15) is 0 Å². The molecule has 2 aromatic rings. The molecule has 0 aliphatic carbocycles. The van der Waals surface area contributed by atoms with Gasteiger partial charge in [0.05, 0.1) is 5.56 Å². The topological polar surface area (TPSA) is 37.3 Å². The molecule has 0 aliphatic rings. The molecule has 2 aromatic carbocycles. The van der Waals surface area contributed by atoms with Crippen molar-refractivity contribution >= 4 is 5.97 Å². The number of hydrogen-bond acceptors (Lipinski definition) is 1. The average molecular weight is 338 g/mol. The highest BCUT2D eigenvalue weighted by molar-refractivity contribution is 5.87. The molecule has 1 N–H and O–H groups in total. The van der Waals surface area contributed by atoms with Gasteiger partial charge in [0.15, 0.2) is 0 Å². The summed E-state index contributed by atoms with van der Waals surface area (Å²) >= 11 is 0. The molecule has 2 heteroatoms. The molecule has 0 radical (unpaired) electrons. The van der Waals surface area contributed by atoms with Crippen LogP contribution in [0.2, 0.25) is 0 Å². The Morgan fingerprint density at radius 1 is 1.00 bits per heavy atom. The third-order valence-electron chi connectivity index (χ3n) is 4.91. The van der Waals surface area contributed by atoms with E-state index in [1.165, 1.54) is 36.8 Å². The van der Waals surface area contributed by atoms with E-state index in [0.29, 0.717) is 11.5 Å². The van der Waals surface area contributed by atoms with Crippen molar-refractivity contribution in [1.82, 2.24) is 0 Å². The van der Waals surface area contributed by atoms with Gasteiger partial charge in [0.1, 0.15) is 0 Å². The van der Waals surface area contributed by atoms with Crippen molar-refractivity contribution in [2.45, 2.75) is 64.7 Å². The number of carbonyl (C=O) groups is 1. The summed E-state index contributed by atoms with van der Waals surface area (Å²) in [6, 6.07) is 16.2. The Bertz CT molecular complexity index is 675. The zero-order valence-electron chi connectivity index (χ0n) is 15.5. The third-order valence-corrected chi connectivity index (χ3v) is 4.91. The van der Waals surface area contributed by atoms with E-state index in [1.807, 2.05) is 12.1 Å². The molecule has 134 valence electrons. The van der Waals surface area contributed by atoms with Gasteiger partial charge in [0.25, 0.3) is 0 Å². The number of benzene rings is 2. The van der Waals surface area contributed by atoms with Crippen LogP contribution in [0.25, 0.3) is 0 Å². The van der Waals surface area contributed by atoms with E-state index in [4.69, 9.17) is 5.11 Å². The lowest BCUT2D eigenvalue weighted by Crippen LogP contribution is -2.01. The van der Waals surface area contributed by atoms with Crippen LogP contribution in [0.15, 0.2) is 48.5 Å². The summed E-state index contributed by atoms with van der Waals surface area (Å²) in [7, 11) is 0. The van der Waals surface area contributed by atoms with Gasteiger partial charge in [0, 0.05) is 0 Å². The molecule has 2 rings (SSSR count). The monoisotopic (exact) mass is 338 g/mol. The minimum absolute atomic E-state index is 0.381. The number of carboxylic acid groups (broad SMARTS) is 1. The predicted molar refractivity (Wildman–Crippen MR) is 104 cm³/mol. The smallest absolute Gasteiger partial charge is 0.335 e. The zero-order chi connectivity index (χ0) is 18.1. The number of hydrogen-bond donors (Lipinski definition) is 1. The molecule has 0 heterocycles. The van der Waals surface area contributed by atoms with E-state index >= 15 is 0 Å². The van der Waals surface area contributed by atoms with E-state index in [1.54, 1.807) is 12.1 Å². The van der Waals surface area contributed by atoms with Crippen molar-refractivity contribution in [3.8, 4) is 0 Å². The van der Waals surface area contributed by atoms with E-state index < -0.39 is 5.97 Å². The predicted octanol–water partition coefficient (Wildman–Crippen LogP) is 6.24. The first-order valence-electron chi connectivity index (χ1n) is 9.51. The fraction of sp³-hybridized carbons (Fsp3) is 0.435. The summed E-state index contributed by atoms with van der Waals surface area (Å²) < 4.78 is 0. The first kappa shape index (κ1) is 19.2. The lowest BCUT2D eigenvalue weighted by atomic mass is 9.89. The Labute approximate surface area is 151 Å². The van der Waals surface area contributed by atoms with Gasteiger partial charge in [-0.15, -0.1) is 0 Å². The summed E-state index contributed by atoms with van der Waals surface area (Å²) in [5.74, 6) is -0.309. The molecule has 0 spiro atoms. The van der Waals surface area contributed by atoms with Crippen LogP contribution in [0.3, 0.4) is 0 Å². The number of unbranched alkanes of at least 4 members (excludes halogenated alkanes) is 2. The molecule has 0 amide bonds. The van der Waals surface area contributed by atoms with Crippen LogP contribution in [0.4, 0.5) is 0 Å². The number of carboxylic acids is 1. The van der Waals surface area contributed by atoms with Crippen LogP contribution in [-0.2, 0) is 12.8 Å². The first-order valence-corrected chi connectivity index (χ1v) is 9.51. The normalized spacial score (nSPS) is 12.1. The lowest BCUT2D eigenvalue weighted by Gasteiger charge is -2.16. The van der Waals surface area contributed by atoms with Gasteiger partial charge in [0.2, 0.25) is 0 Å². The van der Waals surface area contributed by atoms with E-state index in [9.17, 15) is 4.79 Å². The summed E-state index contributed by atoms with van der Waals surface area (Å²) in [5, 5.41) is 9.09. The van der Waals surface area contributed by atoms with Crippen LogP contribution >= 0.6 is 0 Å². The minimum atomic E-state index is -0.851. The molecule has 25 heavy (non-hydrogen) atoms. The third kappa shape index (κ3) is 6.04. The van der Waals surface area contributed by atoms with Crippen LogP contribution in [0, 0.1) is 0 Å². The number of rotatable bonds is 10. The minimum Gasteiger partial charge on any atom is -0.478 e. The second kappa shape index (κ2) is 10.0. The van der Waals surface area contributed by atoms with Crippen LogP contribution in [0.1, 0.15) is 78.9 Å². The Kier molecular flexibility index (Phi) is 7.72. The number of aryl methyl sites for hydroxylation is 2. The molecule has 2 nitrogen and oxygen atoms in total. The van der Waals surface area contributed by atoms with E-state index in [0.717, 1.165) is 24.8 Å². The van der Waals surface area contributed by atoms with E-state index in [-0.39, 0.29) is 0 Å². The van der Waals surface area contributed by atoms with Crippen molar-refractivity contribution in [2.75, 3.05) is 0 Å². The first-order chi connectivity index (χ1) is 12.1. The summed E-state index contributed by atoms with van der Waals surface area (Å²) in [5.41, 5.74) is 4.48. The average Bonchev–Trinajstić information content (AvgIpc) is 2.62. The molecule has 0 aliphatic heterocycles. The molecule has 0 saturated heterocycles. The maximum Gasteiger partial charge on any atom is 0.335 e. The maximum atomic E-state index is 11.1. The maximum absolute atomic E-state index is 11.1. The molecule has 0 saturated carbocycles. The molecule has 0 fully saturated rings. The van der Waals surface area contributed by atoms with Crippen molar-refractivity contribution < 1.29 is 9.90 Å². The van der Waals surface area contributed by atoms with Gasteiger partial charge in [-0.25, -0.2) is 4.79 Å². The van der Waals surface area contributed by atoms with E-state index in [2.05, 4.69) is 38.1 Å². The van der Waals surface area contributed by atoms with Crippen LogP contribution in [0.5, 0.6) is 0 Å². The fourth-order valence-electron chi connectivity index (χ4n) is 3.44. The summed E-state index contributed by atoms with van der Waals surface area (Å²) in [4.78, 5) is 11.1. The van der Waals surface area contributed by atoms with Gasteiger partial charge in [-0.3, -0.25) is 0 Å². The Balaban J connectivity index is 1.91. The summed E-state index contributed by atoms with van der Waals surface area (Å²) in [6.45, 7) is 4.56. The van der Waals surface area contributed by atoms with Crippen molar-refractivity contribution in [3.05, 3.63) is 70.8 Å². The fourth-order valence-corrected chi connectivity index (χ4v) is 3.44. The standard InChI is InChI=1S/C23H30O2/c1-3-4-5-13-20-14-6-7-16-22(20)18(2)10-8-11-19-12-9-15-21(17-19)23(24)25/h6-7,9,12,14-18H,3-5,8,10-11,13H2,1-2H3,(H,24,25). The van der Waals surface area contributed by atoms with Gasteiger partial charge in [-0.1, -0.05) is 63.1 Å². The van der Waals surface area contributed by atoms with Gasteiger partial charge in [-0.05, 0) is 66.8 Å². The molecule has 0 aromatic heterocycles. The van der Waals surface area contributed by atoms with Crippen molar-refractivity contribution in [1.29, 1.82) is 0 Å². The van der Waals surface area contributed by atoms with Crippen LogP contribution < -0.4 is 0 Å². The Hall–Kier alpha value is -2.09. The van der Waals surface area contributed by atoms with Gasteiger partial charge < -0.3 is 5.11 Å². The Morgan fingerprint density at radius 3 is 2.56 bits per heavy atom. The van der Waals surface area contributed by atoms with Gasteiger partial charge >= 0.3 is 5.97 Å². The van der Waals surface area contributed by atoms with Crippen molar-refractivity contribution in [2.24, 2.45) is 0 Å². The molecule has 0 bridgehead atoms. The molecule has 1 atom stereocenters. The van der Waals surface area contributed by atoms with Crippen molar-refractivity contribution in [3.63, 3.8) is 0 Å². The highest BCUT2D eigenvalue weighted by Gasteiger charge is 2.10. The lowest BCUT2D eigenvalue weighted by molar-refractivity contribution is 0.0696. The summed E-state index contributed by atoms with van der Waals surface area (Å²) in [6.07, 6.45) is 8.13. The molecular weight excluding hydrogens is 308 g/mol. The highest BCUT2D eigenvalue weighted by Crippen LogP contribution is 2.26. The molecular formula is C23H30O2. The second-order valence-electron chi connectivity index (χ2n) is 6.95. The zero-order valence-corrected chi connectivity index (χ0v) is 15.5. The quantitative estimate of drug-likeness (QED) is 0.520.